The van der Waals surface area contributed by atoms with Crippen molar-refractivity contribution in [1.82, 2.24) is 4.90 Å². The van der Waals surface area contributed by atoms with Gasteiger partial charge in [-0.1, -0.05) is 90.5 Å². The molecule has 0 amide bonds. The molecule has 1 saturated heterocycles. The Morgan fingerprint density at radius 2 is 1.42 bits per heavy atom. The van der Waals surface area contributed by atoms with Crippen LogP contribution in [0.3, 0.4) is 0 Å². The van der Waals surface area contributed by atoms with Crippen molar-refractivity contribution in [2.75, 3.05) is 19.6 Å². The Morgan fingerprint density at radius 3 is 1.94 bits per heavy atom. The molecule has 4 rings (SSSR count). The van der Waals surface area contributed by atoms with Crippen molar-refractivity contribution in [1.29, 1.82) is 0 Å². The van der Waals surface area contributed by atoms with Crippen LogP contribution in [0.1, 0.15) is 48.8 Å². The van der Waals surface area contributed by atoms with Gasteiger partial charge in [0.25, 0.3) is 0 Å². The minimum Gasteiger partial charge on any atom is -0.385 e. The molecule has 3 aromatic rings. The van der Waals surface area contributed by atoms with E-state index in [1.165, 1.54) is 11.1 Å². The first-order valence-electron chi connectivity index (χ1n) is 12.0. The predicted octanol–water partition coefficient (Wildman–Crippen LogP) is 6.97. The normalized spacial score (nSPS) is 16.4. The van der Waals surface area contributed by atoms with Crippen molar-refractivity contribution in [2.24, 2.45) is 0 Å². The molecule has 1 aliphatic rings. The molecule has 1 fully saturated rings. The summed E-state index contributed by atoms with van der Waals surface area (Å²) in [5.41, 5.74) is 2.87. The van der Waals surface area contributed by atoms with Crippen LogP contribution in [0.5, 0.6) is 0 Å². The SMILES string of the molecule is C=CCC(CCCN1CCC(O)(c2ccc(Cl)cc2)CC1)(c1ccccc1)c1ccccc1. The maximum Gasteiger partial charge on any atom is 0.0920 e. The molecule has 2 nitrogen and oxygen atoms in total. The zero-order chi connectivity index (χ0) is 23.2. The molecule has 0 unspecified atom stereocenters. The lowest BCUT2D eigenvalue weighted by Gasteiger charge is -2.39. The van der Waals surface area contributed by atoms with Crippen LogP contribution >= 0.6 is 11.6 Å². The zero-order valence-corrected chi connectivity index (χ0v) is 20.1. The minimum atomic E-state index is -0.748. The van der Waals surface area contributed by atoms with Crippen LogP contribution < -0.4 is 0 Å². The Balaban J connectivity index is 1.43. The van der Waals surface area contributed by atoms with E-state index >= 15 is 0 Å². The average Bonchev–Trinajstić information content (AvgIpc) is 2.86. The van der Waals surface area contributed by atoms with Gasteiger partial charge in [0.05, 0.1) is 5.60 Å². The van der Waals surface area contributed by atoms with Crippen molar-refractivity contribution in [2.45, 2.75) is 43.1 Å². The largest absolute Gasteiger partial charge is 0.385 e. The van der Waals surface area contributed by atoms with E-state index in [4.69, 9.17) is 11.6 Å². The molecule has 3 aromatic carbocycles. The lowest BCUT2D eigenvalue weighted by molar-refractivity contribution is -0.0262. The van der Waals surface area contributed by atoms with Gasteiger partial charge in [-0.05, 0) is 67.5 Å². The zero-order valence-electron chi connectivity index (χ0n) is 19.3. The van der Waals surface area contributed by atoms with Gasteiger partial charge in [0.2, 0.25) is 0 Å². The Bertz CT molecular complexity index is 969. The third-order valence-electron chi connectivity index (χ3n) is 7.29. The molecule has 0 radical (unpaired) electrons. The maximum absolute atomic E-state index is 11.2. The number of piperidine rings is 1. The first-order chi connectivity index (χ1) is 16.1. The Morgan fingerprint density at radius 1 is 0.879 bits per heavy atom. The molecule has 3 heteroatoms. The number of hydrogen-bond donors (Lipinski definition) is 1. The van der Waals surface area contributed by atoms with Crippen LogP contribution in [0.4, 0.5) is 0 Å². The van der Waals surface area contributed by atoms with Crippen LogP contribution in [-0.2, 0) is 11.0 Å². The van der Waals surface area contributed by atoms with Crippen molar-refractivity contribution >= 4 is 11.6 Å². The van der Waals surface area contributed by atoms with Crippen molar-refractivity contribution in [3.63, 3.8) is 0 Å². The summed E-state index contributed by atoms with van der Waals surface area (Å²) < 4.78 is 0. The highest BCUT2D eigenvalue weighted by Crippen LogP contribution is 2.41. The Hall–Kier alpha value is -2.39. The van der Waals surface area contributed by atoms with E-state index in [9.17, 15) is 5.11 Å². The molecule has 0 atom stereocenters. The van der Waals surface area contributed by atoms with Gasteiger partial charge in [0, 0.05) is 23.5 Å². The summed E-state index contributed by atoms with van der Waals surface area (Å²) in [5, 5.41) is 11.9. The van der Waals surface area contributed by atoms with E-state index in [1.54, 1.807) is 0 Å². The maximum atomic E-state index is 11.2. The number of nitrogens with zero attached hydrogens (tertiary/aromatic N) is 1. The lowest BCUT2D eigenvalue weighted by Crippen LogP contribution is -2.43. The molecular weight excluding hydrogens is 426 g/mol. The number of allylic oxidation sites excluding steroid dienone is 1. The average molecular weight is 460 g/mol. The standard InChI is InChI=1S/C30H34ClNO/c1-2-18-29(25-10-5-3-6-11-25,26-12-7-4-8-13-26)19-9-22-32-23-20-30(33,21-24-32)27-14-16-28(31)17-15-27/h2-8,10-17,33H,1,9,18-24H2. The molecule has 0 spiro atoms. The summed E-state index contributed by atoms with van der Waals surface area (Å²) in [5.74, 6) is 0. The van der Waals surface area contributed by atoms with Crippen molar-refractivity contribution in [3.8, 4) is 0 Å². The molecule has 1 heterocycles. The quantitative estimate of drug-likeness (QED) is 0.349. The molecule has 1 aliphatic heterocycles. The van der Waals surface area contributed by atoms with Crippen LogP contribution in [0.25, 0.3) is 0 Å². The van der Waals surface area contributed by atoms with Gasteiger partial charge >= 0.3 is 0 Å². The number of hydrogen-bond acceptors (Lipinski definition) is 2. The van der Waals surface area contributed by atoms with Crippen LogP contribution in [0.2, 0.25) is 5.02 Å². The third kappa shape index (κ3) is 5.41. The second-order valence-electron chi connectivity index (χ2n) is 9.29. The molecular formula is C30H34ClNO. The van der Waals surface area contributed by atoms with Gasteiger partial charge in [-0.3, -0.25) is 0 Å². The number of likely N-dealkylation sites (tertiary alicyclic amines) is 1. The van der Waals surface area contributed by atoms with E-state index in [0.29, 0.717) is 5.02 Å². The first kappa shape index (κ1) is 23.8. The number of aliphatic hydroxyl groups is 1. The summed E-state index contributed by atoms with van der Waals surface area (Å²) in [6.45, 7) is 6.95. The highest BCUT2D eigenvalue weighted by atomic mass is 35.5. The molecule has 1 N–H and O–H groups in total. The lowest BCUT2D eigenvalue weighted by atomic mass is 9.69. The first-order valence-corrected chi connectivity index (χ1v) is 12.4. The highest BCUT2D eigenvalue weighted by Gasteiger charge is 2.35. The Kier molecular flexibility index (Phi) is 7.70. The minimum absolute atomic E-state index is 0.0654. The van der Waals surface area contributed by atoms with Crippen LogP contribution in [-0.4, -0.2) is 29.6 Å². The van der Waals surface area contributed by atoms with Crippen molar-refractivity contribution in [3.05, 3.63) is 119 Å². The van der Waals surface area contributed by atoms with Crippen LogP contribution in [0.15, 0.2) is 97.6 Å². The van der Waals surface area contributed by atoms with E-state index in [0.717, 1.165) is 57.3 Å². The molecule has 0 aliphatic carbocycles. The van der Waals surface area contributed by atoms with Gasteiger partial charge in [0.1, 0.15) is 0 Å². The van der Waals surface area contributed by atoms with Gasteiger partial charge in [-0.2, -0.15) is 0 Å². The summed E-state index contributed by atoms with van der Waals surface area (Å²) in [6.07, 6.45) is 6.64. The van der Waals surface area contributed by atoms with Crippen molar-refractivity contribution < 1.29 is 5.11 Å². The van der Waals surface area contributed by atoms with E-state index in [1.807, 2.05) is 24.3 Å². The third-order valence-corrected chi connectivity index (χ3v) is 7.54. The Labute approximate surface area is 203 Å². The van der Waals surface area contributed by atoms with E-state index in [2.05, 4.69) is 78.2 Å². The number of rotatable bonds is 9. The smallest absolute Gasteiger partial charge is 0.0920 e. The topological polar surface area (TPSA) is 23.5 Å². The fourth-order valence-corrected chi connectivity index (χ4v) is 5.48. The second kappa shape index (κ2) is 10.7. The van der Waals surface area contributed by atoms with Gasteiger partial charge < -0.3 is 10.0 Å². The van der Waals surface area contributed by atoms with Gasteiger partial charge in [-0.15, -0.1) is 6.58 Å². The summed E-state index contributed by atoms with van der Waals surface area (Å²) >= 11 is 6.03. The molecule has 33 heavy (non-hydrogen) atoms. The molecule has 0 aromatic heterocycles. The molecule has 0 bridgehead atoms. The van der Waals surface area contributed by atoms with Gasteiger partial charge in [-0.25, -0.2) is 0 Å². The van der Waals surface area contributed by atoms with Gasteiger partial charge in [0.15, 0.2) is 0 Å². The summed E-state index contributed by atoms with van der Waals surface area (Å²) in [6, 6.07) is 29.4. The summed E-state index contributed by atoms with van der Waals surface area (Å²) in [4.78, 5) is 2.50. The number of benzene rings is 3. The monoisotopic (exact) mass is 459 g/mol. The summed E-state index contributed by atoms with van der Waals surface area (Å²) in [7, 11) is 0. The van der Waals surface area contributed by atoms with Crippen LogP contribution in [0, 0.1) is 0 Å². The predicted molar refractivity (Wildman–Crippen MR) is 139 cm³/mol. The van der Waals surface area contributed by atoms with E-state index < -0.39 is 5.60 Å². The molecule has 0 saturated carbocycles. The van der Waals surface area contributed by atoms with E-state index in [-0.39, 0.29) is 5.41 Å². The second-order valence-corrected chi connectivity index (χ2v) is 9.73. The fourth-order valence-electron chi connectivity index (χ4n) is 5.35. The highest BCUT2D eigenvalue weighted by molar-refractivity contribution is 6.30. The molecule has 172 valence electrons. The number of halogens is 1. The fraction of sp³-hybridized carbons (Fsp3) is 0.333.